The van der Waals surface area contributed by atoms with Gasteiger partial charge in [-0.1, -0.05) is 31.2 Å². The van der Waals surface area contributed by atoms with Crippen molar-refractivity contribution in [2.75, 3.05) is 25.5 Å². The molecule has 142 valence electrons. The summed E-state index contributed by atoms with van der Waals surface area (Å²) in [5, 5.41) is 3.12. The minimum atomic E-state index is -0.483. The Balaban J connectivity index is 1.55. The van der Waals surface area contributed by atoms with Gasteiger partial charge in [0, 0.05) is 23.8 Å². The molecule has 0 radical (unpaired) electrons. The summed E-state index contributed by atoms with van der Waals surface area (Å²) < 4.78 is 5.08. The maximum absolute atomic E-state index is 13.2. The number of esters is 1. The number of ether oxygens (including phenoxy) is 1. The van der Waals surface area contributed by atoms with Gasteiger partial charge in [-0.2, -0.15) is 0 Å². The Morgan fingerprint density at radius 1 is 1.33 bits per heavy atom. The van der Waals surface area contributed by atoms with E-state index in [2.05, 4.69) is 29.3 Å². The topological polar surface area (TPSA) is 58.6 Å². The van der Waals surface area contributed by atoms with E-state index in [9.17, 15) is 9.59 Å². The van der Waals surface area contributed by atoms with Crippen LogP contribution in [0.4, 0.5) is 5.69 Å². The van der Waals surface area contributed by atoms with Crippen LogP contribution in [0.15, 0.2) is 35.9 Å². The third-order valence-electron chi connectivity index (χ3n) is 7.56. The summed E-state index contributed by atoms with van der Waals surface area (Å²) in [6.07, 6.45) is 4.71. The molecule has 2 fully saturated rings. The Morgan fingerprint density at radius 2 is 2.15 bits per heavy atom. The van der Waals surface area contributed by atoms with Crippen molar-refractivity contribution in [2.45, 2.75) is 37.6 Å². The Bertz CT molecular complexity index is 848. The van der Waals surface area contributed by atoms with E-state index in [1.165, 1.54) is 7.11 Å². The molecule has 2 saturated heterocycles. The Labute approximate surface area is 159 Å². The zero-order chi connectivity index (χ0) is 18.8. The maximum atomic E-state index is 13.2. The number of amides is 1. The fourth-order valence-electron chi connectivity index (χ4n) is 6.18. The molecule has 4 aliphatic rings. The zero-order valence-electron chi connectivity index (χ0n) is 15.9. The standard InChI is InChI=1S/C22H26N2O3/c1-13-7-8-14(20(25)27-2)15-11-19-22(9-10-24(19)12-16(13)15)17-5-3-4-6-18(17)23-21(22)26/h3-6,8,13,15-16,19H,7,9-12H2,1-2H3,(H,23,26)/t13?,15-,16+,19+,22+/m1/s1. The first-order chi connectivity index (χ1) is 13.1. The second kappa shape index (κ2) is 5.93. The summed E-state index contributed by atoms with van der Waals surface area (Å²) in [6.45, 7) is 4.19. The number of carbonyl (C=O) groups excluding carboxylic acids is 2. The lowest BCUT2D eigenvalue weighted by Crippen LogP contribution is -2.55. The van der Waals surface area contributed by atoms with Crippen LogP contribution in [0.1, 0.15) is 31.7 Å². The van der Waals surface area contributed by atoms with Crippen LogP contribution < -0.4 is 5.32 Å². The number of fused-ring (bicyclic) bond motifs is 5. The normalized spacial score (nSPS) is 37.3. The van der Waals surface area contributed by atoms with Crippen LogP contribution in [-0.4, -0.2) is 43.0 Å². The third kappa shape index (κ3) is 2.21. The smallest absolute Gasteiger partial charge is 0.333 e. The van der Waals surface area contributed by atoms with Crippen molar-refractivity contribution < 1.29 is 14.3 Å². The number of nitrogens with zero attached hydrogens (tertiary/aromatic N) is 1. The van der Waals surface area contributed by atoms with Crippen LogP contribution in [0.3, 0.4) is 0 Å². The monoisotopic (exact) mass is 366 g/mol. The zero-order valence-corrected chi connectivity index (χ0v) is 15.9. The molecular formula is C22H26N2O3. The molecule has 27 heavy (non-hydrogen) atoms. The van der Waals surface area contributed by atoms with Gasteiger partial charge in [0.25, 0.3) is 0 Å². The van der Waals surface area contributed by atoms with E-state index in [0.717, 1.165) is 49.2 Å². The highest BCUT2D eigenvalue weighted by atomic mass is 16.5. The number of anilines is 1. The van der Waals surface area contributed by atoms with E-state index in [4.69, 9.17) is 4.74 Å². The van der Waals surface area contributed by atoms with Crippen LogP contribution in [0.25, 0.3) is 0 Å². The average Bonchev–Trinajstić information content (AvgIpc) is 3.20. The molecule has 0 bridgehead atoms. The molecule has 5 atom stereocenters. The summed E-state index contributed by atoms with van der Waals surface area (Å²) in [7, 11) is 1.46. The van der Waals surface area contributed by atoms with Gasteiger partial charge in [0.2, 0.25) is 5.91 Å². The van der Waals surface area contributed by atoms with Crippen molar-refractivity contribution >= 4 is 17.6 Å². The van der Waals surface area contributed by atoms with Gasteiger partial charge in [-0.15, -0.1) is 0 Å². The molecule has 1 N–H and O–H groups in total. The van der Waals surface area contributed by atoms with E-state index >= 15 is 0 Å². The number of piperidine rings is 1. The fourth-order valence-corrected chi connectivity index (χ4v) is 6.18. The average molecular weight is 366 g/mol. The van der Waals surface area contributed by atoms with Gasteiger partial charge in [-0.3, -0.25) is 9.69 Å². The maximum Gasteiger partial charge on any atom is 0.333 e. The molecule has 1 aliphatic carbocycles. The highest BCUT2D eigenvalue weighted by Gasteiger charge is 2.60. The second-order valence-electron chi connectivity index (χ2n) is 8.60. The molecule has 1 spiro atoms. The number of methoxy groups -OCH3 is 1. The molecule has 5 heteroatoms. The largest absolute Gasteiger partial charge is 0.466 e. The molecule has 0 saturated carbocycles. The number of allylic oxidation sites excluding steroid dienone is 1. The number of hydrogen-bond acceptors (Lipinski definition) is 4. The highest BCUT2D eigenvalue weighted by Crippen LogP contribution is 2.54. The van der Waals surface area contributed by atoms with E-state index < -0.39 is 5.41 Å². The SMILES string of the molecule is COC(=O)C1=CCC(C)[C@@H]2CN3CC[C@@]4(C(=O)Nc5ccccc54)[C@@H]3C[C@H]12. The van der Waals surface area contributed by atoms with Crippen LogP contribution in [0.5, 0.6) is 0 Å². The second-order valence-corrected chi connectivity index (χ2v) is 8.60. The van der Waals surface area contributed by atoms with E-state index in [-0.39, 0.29) is 23.8 Å². The molecule has 1 amide bonds. The van der Waals surface area contributed by atoms with Crippen LogP contribution >= 0.6 is 0 Å². The number of carbonyl (C=O) groups is 2. The highest BCUT2D eigenvalue weighted by molar-refractivity contribution is 6.07. The van der Waals surface area contributed by atoms with Crippen molar-refractivity contribution in [1.82, 2.24) is 4.90 Å². The summed E-state index contributed by atoms with van der Waals surface area (Å²) in [5.74, 6) is 1.11. The predicted molar refractivity (Wildman–Crippen MR) is 102 cm³/mol. The van der Waals surface area contributed by atoms with Crippen LogP contribution in [-0.2, 0) is 19.7 Å². The molecule has 3 aliphatic heterocycles. The van der Waals surface area contributed by atoms with Crippen molar-refractivity contribution in [3.8, 4) is 0 Å². The minimum Gasteiger partial charge on any atom is -0.466 e. The third-order valence-corrected chi connectivity index (χ3v) is 7.56. The van der Waals surface area contributed by atoms with Crippen molar-refractivity contribution in [3.63, 3.8) is 0 Å². The first-order valence-electron chi connectivity index (χ1n) is 9.99. The molecule has 0 aromatic heterocycles. The van der Waals surface area contributed by atoms with E-state index in [1.54, 1.807) is 0 Å². The van der Waals surface area contributed by atoms with Crippen molar-refractivity contribution in [3.05, 3.63) is 41.5 Å². The van der Waals surface area contributed by atoms with Gasteiger partial charge in [0.1, 0.15) is 0 Å². The summed E-state index contributed by atoms with van der Waals surface area (Å²) >= 11 is 0. The number of rotatable bonds is 1. The number of nitrogens with one attached hydrogen (secondary N) is 1. The molecule has 5 nitrogen and oxygen atoms in total. The fraction of sp³-hybridized carbons (Fsp3) is 0.545. The molecule has 1 unspecified atom stereocenters. The van der Waals surface area contributed by atoms with Gasteiger partial charge in [0.05, 0.1) is 12.5 Å². The summed E-state index contributed by atoms with van der Waals surface area (Å²) in [6, 6.07) is 8.24. The minimum absolute atomic E-state index is 0.127. The lowest BCUT2D eigenvalue weighted by atomic mass is 9.63. The Kier molecular flexibility index (Phi) is 3.73. The molecule has 1 aromatic carbocycles. The van der Waals surface area contributed by atoms with Crippen molar-refractivity contribution in [1.29, 1.82) is 0 Å². The van der Waals surface area contributed by atoms with Crippen LogP contribution in [0.2, 0.25) is 0 Å². The quantitative estimate of drug-likeness (QED) is 0.777. The van der Waals surface area contributed by atoms with Gasteiger partial charge < -0.3 is 10.1 Å². The van der Waals surface area contributed by atoms with Gasteiger partial charge in [0.15, 0.2) is 0 Å². The number of benzene rings is 1. The molecule has 3 heterocycles. The van der Waals surface area contributed by atoms with E-state index in [1.807, 2.05) is 18.2 Å². The predicted octanol–water partition coefficient (Wildman–Crippen LogP) is 2.73. The number of hydrogen-bond donors (Lipinski definition) is 1. The van der Waals surface area contributed by atoms with Crippen molar-refractivity contribution in [2.24, 2.45) is 17.8 Å². The summed E-state index contributed by atoms with van der Waals surface area (Å²) in [4.78, 5) is 28.1. The Morgan fingerprint density at radius 3 is 2.96 bits per heavy atom. The first kappa shape index (κ1) is 17.0. The van der Waals surface area contributed by atoms with Gasteiger partial charge in [-0.25, -0.2) is 4.79 Å². The first-order valence-corrected chi connectivity index (χ1v) is 9.99. The lowest BCUT2D eigenvalue weighted by molar-refractivity contribution is -0.137. The van der Waals surface area contributed by atoms with E-state index in [0.29, 0.717) is 11.8 Å². The van der Waals surface area contributed by atoms with Gasteiger partial charge in [-0.05, 0) is 55.2 Å². The van der Waals surface area contributed by atoms with Gasteiger partial charge >= 0.3 is 5.97 Å². The molecular weight excluding hydrogens is 340 g/mol. The Hall–Kier alpha value is -2.14. The van der Waals surface area contributed by atoms with Crippen LogP contribution in [0, 0.1) is 17.8 Å². The summed E-state index contributed by atoms with van der Waals surface area (Å²) in [5.41, 5.74) is 2.43. The molecule has 5 rings (SSSR count). The number of para-hydroxylation sites is 1. The molecule has 1 aromatic rings. The lowest BCUT2D eigenvalue weighted by Gasteiger charge is -2.48.